The molecule has 0 bridgehead atoms. The minimum Gasteiger partial charge on any atom is -0.497 e. The van der Waals surface area contributed by atoms with Crippen LogP contribution >= 0.6 is 0 Å². The molecule has 2 atom stereocenters. The zero-order chi connectivity index (χ0) is 49.0. The highest BCUT2D eigenvalue weighted by molar-refractivity contribution is 5.99. The second-order valence-corrected chi connectivity index (χ2v) is 16.1. The number of carbonyl (C=O) groups is 4. The lowest BCUT2D eigenvalue weighted by Gasteiger charge is -2.28. The van der Waals surface area contributed by atoms with E-state index >= 15 is 0 Å². The molecule has 4 heterocycles. The lowest BCUT2D eigenvalue weighted by molar-refractivity contribution is -0.0801. The summed E-state index contributed by atoms with van der Waals surface area (Å²) in [6.45, 7) is 12.8. The van der Waals surface area contributed by atoms with E-state index in [2.05, 4.69) is 15.2 Å². The summed E-state index contributed by atoms with van der Waals surface area (Å²) in [4.78, 5) is 63.0. The van der Waals surface area contributed by atoms with Gasteiger partial charge in [0.25, 0.3) is 11.8 Å². The summed E-state index contributed by atoms with van der Waals surface area (Å²) in [5.41, 5.74) is 17.5. The van der Waals surface area contributed by atoms with Crippen LogP contribution in [-0.4, -0.2) is 94.0 Å². The lowest BCUT2D eigenvalue weighted by Crippen LogP contribution is -2.43. The highest BCUT2D eigenvalue weighted by atomic mass is 16.5. The molecule has 68 heavy (non-hydrogen) atoms. The van der Waals surface area contributed by atoms with E-state index in [1.165, 1.54) is 0 Å². The fraction of sp³-hybridized carbons (Fsp3) is 0.375. The Labute approximate surface area is 392 Å². The topological polar surface area (TPSA) is 237 Å². The van der Waals surface area contributed by atoms with Crippen molar-refractivity contribution < 1.29 is 38.1 Å². The van der Waals surface area contributed by atoms with Crippen LogP contribution in [0.3, 0.4) is 0 Å². The first kappa shape index (κ1) is 48.4. The fourth-order valence-corrected chi connectivity index (χ4v) is 8.39. The molecule has 0 aliphatic heterocycles. The summed E-state index contributed by atoms with van der Waals surface area (Å²) in [5, 5.41) is 8.94. The van der Waals surface area contributed by atoms with Gasteiger partial charge >= 0.3 is 0 Å². The first-order valence-corrected chi connectivity index (χ1v) is 22.4. The van der Waals surface area contributed by atoms with Crippen molar-refractivity contribution in [3.63, 3.8) is 0 Å². The zero-order valence-corrected chi connectivity index (χ0v) is 39.8. The number of hydrogen-bond donors (Lipinski definition) is 2. The van der Waals surface area contributed by atoms with Gasteiger partial charge in [0, 0.05) is 51.5 Å². The van der Waals surface area contributed by atoms with E-state index < -0.39 is 35.8 Å². The van der Waals surface area contributed by atoms with Gasteiger partial charge in [-0.2, -0.15) is 20.2 Å². The maximum atomic E-state index is 14.3. The van der Waals surface area contributed by atoms with E-state index in [-0.39, 0.29) is 55.3 Å². The Hall–Kier alpha value is -7.58. The number of methoxy groups -OCH3 is 1. The Balaban J connectivity index is 1.43. The van der Waals surface area contributed by atoms with Gasteiger partial charge in [-0.05, 0) is 102 Å². The third-order valence-corrected chi connectivity index (χ3v) is 11.7. The number of aromatic nitrogens is 8. The Morgan fingerprint density at radius 2 is 1.16 bits per heavy atom. The van der Waals surface area contributed by atoms with Gasteiger partial charge in [0.1, 0.15) is 47.2 Å². The first-order chi connectivity index (χ1) is 32.6. The highest BCUT2D eigenvalue weighted by Gasteiger charge is 2.30. The second-order valence-electron chi connectivity index (χ2n) is 16.1. The summed E-state index contributed by atoms with van der Waals surface area (Å²) < 4.78 is 35.4. The maximum Gasteiger partial charge on any atom is 0.298 e. The molecule has 20 heteroatoms. The van der Waals surface area contributed by atoms with E-state index in [1.807, 2.05) is 68.0 Å². The molecular weight excluding hydrogens is 873 g/mol. The number of fused-ring (bicyclic) bond motifs is 2. The minimum absolute atomic E-state index is 0.0420. The molecule has 0 aliphatic rings. The van der Waals surface area contributed by atoms with Crippen LogP contribution in [0.1, 0.15) is 86.3 Å². The van der Waals surface area contributed by atoms with Crippen LogP contribution in [0.25, 0.3) is 22.1 Å². The number of primary amides is 2. The lowest BCUT2D eigenvalue weighted by atomic mass is 10.1. The molecule has 0 unspecified atom stereocenters. The number of aryl methyl sites for hydroxylation is 6. The number of hydrogen-bond acceptors (Lipinski definition) is 10. The van der Waals surface area contributed by atoms with E-state index in [0.29, 0.717) is 69.4 Å². The second kappa shape index (κ2) is 20.5. The molecule has 0 saturated carbocycles. The average Bonchev–Trinajstić information content (AvgIpc) is 4.05. The van der Waals surface area contributed by atoms with Crippen molar-refractivity contribution in [2.45, 2.75) is 86.5 Å². The van der Waals surface area contributed by atoms with Gasteiger partial charge in [-0.25, -0.2) is 0 Å². The van der Waals surface area contributed by atoms with Gasteiger partial charge in [0.05, 0.1) is 48.1 Å². The van der Waals surface area contributed by atoms with Crippen molar-refractivity contribution in [1.82, 2.24) is 37.8 Å². The Kier molecular flexibility index (Phi) is 14.6. The van der Waals surface area contributed by atoms with Crippen molar-refractivity contribution in [1.29, 1.82) is 0 Å². The number of ether oxygens (including phenoxy) is 4. The van der Waals surface area contributed by atoms with Crippen LogP contribution in [0.2, 0.25) is 0 Å². The van der Waals surface area contributed by atoms with Crippen molar-refractivity contribution in [3.8, 4) is 11.5 Å². The summed E-state index contributed by atoms with van der Waals surface area (Å²) >= 11 is 0. The van der Waals surface area contributed by atoms with Crippen LogP contribution in [0, 0.1) is 13.8 Å². The average molecular weight is 931 g/mol. The molecule has 4 N–H and O–H groups in total. The van der Waals surface area contributed by atoms with Crippen molar-refractivity contribution >= 4 is 45.7 Å². The largest absolute Gasteiger partial charge is 0.497 e. The summed E-state index contributed by atoms with van der Waals surface area (Å²) in [5.74, 6) is -1.39. The maximum absolute atomic E-state index is 14.3. The quantitative estimate of drug-likeness (QED) is 0.118. The molecule has 4 aromatic heterocycles. The Morgan fingerprint density at radius 1 is 0.647 bits per heavy atom. The van der Waals surface area contributed by atoms with E-state index in [1.54, 1.807) is 89.1 Å². The molecular formula is C48H58N12O8. The third-order valence-electron chi connectivity index (χ3n) is 11.7. The SMILES string of the molecule is CCO[C@H](Cn1/c(=N/C(=O)c2cc(C)nn2CC)n(C)c2cc(C(N)=O)ccc21)[C@@H](Cn1/c(=N/C(=O)c2cc(C)nn2CC)n(C)c2cc(C(N)=O)cc(OCc3ccc(OC)cc3)c21)OCC. The molecule has 7 aromatic rings. The minimum atomic E-state index is -0.770. The van der Waals surface area contributed by atoms with Gasteiger partial charge in [0.15, 0.2) is 0 Å². The fourth-order valence-electron chi connectivity index (χ4n) is 8.39. The monoisotopic (exact) mass is 930 g/mol. The zero-order valence-electron chi connectivity index (χ0n) is 39.8. The van der Waals surface area contributed by atoms with E-state index in [9.17, 15) is 19.2 Å². The Bertz CT molecular complexity index is 3180. The molecule has 0 aliphatic carbocycles. The molecule has 0 spiro atoms. The molecule has 0 fully saturated rings. The van der Waals surface area contributed by atoms with Gasteiger partial charge in [0.2, 0.25) is 23.1 Å². The summed E-state index contributed by atoms with van der Waals surface area (Å²) in [6, 6.07) is 19.0. The molecule has 20 nitrogen and oxygen atoms in total. The standard InChI is InChI=1S/C48H58N12O8/c1-10-59-37(20-28(5)53-59)45(63)51-47-55(7)35-22-31(43(49)61)16-19-34(35)57(47)25-40(66-12-3)41(67-13-4)26-58-42-36(56(8)48(58)52-46(64)38-21-29(6)54-60(38)11-2)23-32(44(50)62)24-39(42)68-27-30-14-17-33(65-9)18-15-30/h14-24,40-41H,10-13,25-27H2,1-9H3,(H2,49,61)(H2,50,62)/b51-47+,52-48+/t40-,41-/m1/s1. The number of imidazole rings is 2. The van der Waals surface area contributed by atoms with Crippen LogP contribution in [-0.2, 0) is 56.4 Å². The van der Waals surface area contributed by atoms with Crippen LogP contribution < -0.4 is 32.2 Å². The summed E-state index contributed by atoms with van der Waals surface area (Å²) in [7, 11) is 5.08. The molecule has 358 valence electrons. The van der Waals surface area contributed by atoms with Crippen molar-refractivity contribution in [3.05, 3.63) is 117 Å². The molecule has 3 aromatic carbocycles. The number of rotatable bonds is 19. The number of nitrogens with two attached hydrogens (primary N) is 2. The first-order valence-electron chi connectivity index (χ1n) is 22.4. The third kappa shape index (κ3) is 9.77. The molecule has 7 rings (SSSR count). The summed E-state index contributed by atoms with van der Waals surface area (Å²) in [6.07, 6.45) is -1.52. The van der Waals surface area contributed by atoms with E-state index in [0.717, 1.165) is 5.56 Å². The van der Waals surface area contributed by atoms with Gasteiger partial charge in [-0.1, -0.05) is 12.1 Å². The van der Waals surface area contributed by atoms with Crippen LogP contribution in [0.4, 0.5) is 0 Å². The van der Waals surface area contributed by atoms with Crippen LogP contribution in [0.15, 0.2) is 76.7 Å². The molecule has 4 amide bonds. The number of benzene rings is 3. The predicted molar refractivity (Wildman–Crippen MR) is 252 cm³/mol. The predicted octanol–water partition coefficient (Wildman–Crippen LogP) is 4.10. The number of amides is 4. The highest BCUT2D eigenvalue weighted by Crippen LogP contribution is 2.30. The van der Waals surface area contributed by atoms with Gasteiger partial charge < -0.3 is 48.7 Å². The van der Waals surface area contributed by atoms with Gasteiger partial charge in [-0.15, -0.1) is 0 Å². The van der Waals surface area contributed by atoms with Gasteiger partial charge in [-0.3, -0.25) is 28.5 Å². The van der Waals surface area contributed by atoms with Crippen LogP contribution in [0.5, 0.6) is 11.5 Å². The smallest absolute Gasteiger partial charge is 0.298 e. The van der Waals surface area contributed by atoms with E-state index in [4.69, 9.17) is 35.4 Å². The van der Waals surface area contributed by atoms with Crippen molar-refractivity contribution in [2.24, 2.45) is 35.5 Å². The normalized spacial score (nSPS) is 13.1. The number of nitrogens with zero attached hydrogens (tertiary/aromatic N) is 10. The molecule has 0 radical (unpaired) electrons. The Morgan fingerprint density at radius 3 is 1.68 bits per heavy atom. The van der Waals surface area contributed by atoms with Crippen molar-refractivity contribution in [2.75, 3.05) is 20.3 Å². The number of carbonyl (C=O) groups excluding carboxylic acids is 4. The molecule has 0 saturated heterocycles.